The second-order valence-corrected chi connectivity index (χ2v) is 12.5. The van der Waals surface area contributed by atoms with Gasteiger partial charge in [-0.2, -0.15) is 13.2 Å². The van der Waals surface area contributed by atoms with E-state index >= 15 is 0 Å². The molecule has 286 valence electrons. The van der Waals surface area contributed by atoms with Gasteiger partial charge in [-0.05, 0) is 44.7 Å². The van der Waals surface area contributed by atoms with Crippen LogP contribution in [0.3, 0.4) is 0 Å². The fourth-order valence-electron chi connectivity index (χ4n) is 5.10. The van der Waals surface area contributed by atoms with Crippen LogP contribution in [0, 0.1) is 0 Å². The molecule has 11 nitrogen and oxygen atoms in total. The van der Waals surface area contributed by atoms with Crippen molar-refractivity contribution in [1.82, 2.24) is 20.0 Å². The van der Waals surface area contributed by atoms with Gasteiger partial charge in [-0.1, -0.05) is 74.5 Å². The molecule has 1 N–H and O–H groups in total. The largest absolute Gasteiger partial charge is 0.468 e. The van der Waals surface area contributed by atoms with Crippen LogP contribution in [0.1, 0.15) is 47.1 Å². The van der Waals surface area contributed by atoms with E-state index in [4.69, 9.17) is 20.4 Å². The number of methoxy groups -OCH3 is 2. The standard InChI is InChI=1S/C19H28N2O4.C14H20N2O2.C2HF3O.C2H6/c1-19(2,3)25-18(23)21-13-12-20(14-16(21)17(22)24-4)11-10-15-8-6-5-7-9-15;1-18-14(17)13-11-16(10-8-15-13)9-7-12-5-3-2-4-6-12;3-2(4,5)1-6;1-2/h5-9,16H,10-14H2,1-4H3;2-6,13,15H,7-11H2,1H3;1H;1-2H3/t16-;13-;;/m00../s1/i;;;1D. The number of hydrogen-bond donors (Lipinski definition) is 1. The van der Waals surface area contributed by atoms with Crippen molar-refractivity contribution >= 4 is 24.3 Å². The topological polar surface area (TPSA) is 118 Å². The summed E-state index contributed by atoms with van der Waals surface area (Å²) in [6.07, 6.45) is -4.24. The minimum atomic E-state index is -4.64. The number of nitrogens with one attached hydrogen (secondary N) is 1. The van der Waals surface area contributed by atoms with Crippen molar-refractivity contribution in [3.05, 3.63) is 71.8 Å². The number of alkyl halides is 3. The number of esters is 2. The highest BCUT2D eigenvalue weighted by atomic mass is 19.4. The van der Waals surface area contributed by atoms with Crippen LogP contribution in [0.2, 0.25) is 0 Å². The molecule has 2 atom stereocenters. The first-order chi connectivity index (χ1) is 24.6. The zero-order valence-electron chi connectivity index (χ0n) is 31.6. The number of halogens is 3. The number of carbonyl (C=O) groups excluding carboxylic acids is 4. The van der Waals surface area contributed by atoms with Crippen LogP contribution in [-0.4, -0.2) is 129 Å². The number of ether oxygens (including phenoxy) is 3. The second-order valence-electron chi connectivity index (χ2n) is 12.5. The lowest BCUT2D eigenvalue weighted by Crippen LogP contribution is -2.59. The highest BCUT2D eigenvalue weighted by Crippen LogP contribution is 2.17. The zero-order valence-corrected chi connectivity index (χ0v) is 30.6. The molecule has 0 unspecified atom stereocenters. The summed E-state index contributed by atoms with van der Waals surface area (Å²) in [6.45, 7) is 13.7. The smallest absolute Gasteiger partial charge is 0.446 e. The summed E-state index contributed by atoms with van der Waals surface area (Å²) in [7, 11) is 2.78. The fourth-order valence-corrected chi connectivity index (χ4v) is 5.10. The molecule has 0 spiro atoms. The van der Waals surface area contributed by atoms with E-state index in [1.54, 1.807) is 6.92 Å². The number of benzene rings is 2. The van der Waals surface area contributed by atoms with E-state index in [-0.39, 0.29) is 12.0 Å². The predicted octanol–water partition coefficient (Wildman–Crippen LogP) is 4.77. The lowest BCUT2D eigenvalue weighted by molar-refractivity contribution is -0.156. The zero-order chi connectivity index (χ0) is 39.2. The van der Waals surface area contributed by atoms with Gasteiger partial charge in [-0.15, -0.1) is 0 Å². The van der Waals surface area contributed by atoms with Gasteiger partial charge in [0.15, 0.2) is 0 Å². The van der Waals surface area contributed by atoms with Gasteiger partial charge in [0.25, 0.3) is 0 Å². The molecule has 0 aromatic heterocycles. The van der Waals surface area contributed by atoms with Gasteiger partial charge in [-0.25, -0.2) is 9.59 Å². The fraction of sp³-hybridized carbons (Fsp3) is 0.568. The molecule has 0 saturated carbocycles. The first-order valence-electron chi connectivity index (χ1n) is 17.5. The molecular weight excluding hydrogens is 669 g/mol. The van der Waals surface area contributed by atoms with Gasteiger partial charge in [0.1, 0.15) is 17.7 Å². The van der Waals surface area contributed by atoms with Gasteiger partial charge in [0.2, 0.25) is 6.29 Å². The van der Waals surface area contributed by atoms with Crippen molar-refractivity contribution in [2.75, 3.05) is 66.6 Å². The summed E-state index contributed by atoms with van der Waals surface area (Å²) in [6, 6.07) is 19.8. The molecule has 2 aliphatic rings. The van der Waals surface area contributed by atoms with Crippen LogP contribution in [0.15, 0.2) is 60.7 Å². The van der Waals surface area contributed by atoms with Crippen LogP contribution >= 0.6 is 0 Å². The van der Waals surface area contributed by atoms with E-state index < -0.39 is 36.2 Å². The number of piperazine rings is 2. The Labute approximate surface area is 301 Å². The van der Waals surface area contributed by atoms with Crippen molar-refractivity contribution in [1.29, 1.82) is 0 Å². The molecule has 2 aromatic rings. The number of aldehydes is 1. The summed E-state index contributed by atoms with van der Waals surface area (Å²) in [5.74, 6) is -0.574. The van der Waals surface area contributed by atoms with Crippen molar-refractivity contribution < 1.29 is 47.9 Å². The maximum absolute atomic E-state index is 12.4. The van der Waals surface area contributed by atoms with Crippen molar-refractivity contribution in [2.45, 2.75) is 71.3 Å². The van der Waals surface area contributed by atoms with Crippen molar-refractivity contribution in [3.8, 4) is 0 Å². The Bertz CT molecular complexity index is 1320. The lowest BCUT2D eigenvalue weighted by atomic mass is 10.1. The third-order valence-electron chi connectivity index (χ3n) is 7.56. The second kappa shape index (κ2) is 23.5. The van der Waals surface area contributed by atoms with E-state index in [0.717, 1.165) is 45.6 Å². The van der Waals surface area contributed by atoms with Crippen LogP contribution in [-0.2, 0) is 41.4 Å². The summed E-state index contributed by atoms with van der Waals surface area (Å²) < 4.78 is 52.6. The Kier molecular flexibility index (Phi) is 19.9. The molecule has 2 aliphatic heterocycles. The molecular formula is C37H55F3N4O7. The molecule has 0 aliphatic carbocycles. The van der Waals surface area contributed by atoms with Crippen molar-refractivity contribution in [3.63, 3.8) is 0 Å². The molecule has 1 amide bonds. The first-order valence-corrected chi connectivity index (χ1v) is 16.8. The van der Waals surface area contributed by atoms with Gasteiger partial charge in [0.05, 0.1) is 14.2 Å². The van der Waals surface area contributed by atoms with Crippen LogP contribution in [0.4, 0.5) is 18.0 Å². The number of nitrogens with zero attached hydrogens (tertiary/aromatic N) is 3. The maximum Gasteiger partial charge on any atom is 0.446 e. The first kappa shape index (κ1) is 43.2. The Hall–Kier alpha value is -4.01. The summed E-state index contributed by atoms with van der Waals surface area (Å²) in [4.78, 5) is 50.7. The van der Waals surface area contributed by atoms with Crippen LogP contribution < -0.4 is 5.32 Å². The highest BCUT2D eigenvalue weighted by Gasteiger charge is 2.38. The third-order valence-corrected chi connectivity index (χ3v) is 7.56. The molecule has 2 fully saturated rings. The van der Waals surface area contributed by atoms with E-state index in [9.17, 15) is 27.6 Å². The Morgan fingerprint density at radius 1 is 0.843 bits per heavy atom. The number of amides is 1. The normalized spacial score (nSPS) is 18.1. The monoisotopic (exact) mass is 725 g/mol. The summed E-state index contributed by atoms with van der Waals surface area (Å²) in [5.41, 5.74) is 2.00. The molecule has 0 radical (unpaired) electrons. The highest BCUT2D eigenvalue weighted by molar-refractivity contribution is 5.82. The SMILES string of the molecule is COC(=O)[C@@H]1CN(CCc2ccccc2)CCN1.COC(=O)[C@@H]1CN(CCc2ccccc2)CCN1C(=O)OC(C)(C)C.O=CC(F)(F)F.[2H]CC. The van der Waals surface area contributed by atoms with E-state index in [1.807, 2.05) is 45.0 Å². The average molecular weight is 726 g/mol. The number of hydrogen-bond acceptors (Lipinski definition) is 10. The quantitative estimate of drug-likeness (QED) is 0.232. The average Bonchev–Trinajstić information content (AvgIpc) is 3.13. The van der Waals surface area contributed by atoms with E-state index in [0.29, 0.717) is 26.5 Å². The number of carbonyl (C=O) groups is 4. The minimum absolute atomic E-state index is 0.167. The predicted molar refractivity (Wildman–Crippen MR) is 189 cm³/mol. The van der Waals surface area contributed by atoms with E-state index in [1.165, 1.54) is 30.2 Å². The molecule has 2 aromatic carbocycles. The molecule has 51 heavy (non-hydrogen) atoms. The van der Waals surface area contributed by atoms with Crippen LogP contribution in [0.25, 0.3) is 0 Å². The third kappa shape index (κ3) is 18.7. The number of rotatable bonds is 8. The van der Waals surface area contributed by atoms with Gasteiger partial charge in [0, 0.05) is 53.7 Å². The maximum atomic E-state index is 12.4. The van der Waals surface area contributed by atoms with Crippen LogP contribution in [0.5, 0.6) is 0 Å². The summed E-state index contributed by atoms with van der Waals surface area (Å²) >= 11 is 0. The van der Waals surface area contributed by atoms with Crippen molar-refractivity contribution in [2.24, 2.45) is 0 Å². The molecule has 2 heterocycles. The molecule has 14 heteroatoms. The molecule has 4 rings (SSSR count). The lowest BCUT2D eigenvalue weighted by Gasteiger charge is -2.40. The Morgan fingerprint density at radius 2 is 1.31 bits per heavy atom. The Morgan fingerprint density at radius 3 is 1.75 bits per heavy atom. The Balaban J connectivity index is 0.000000435. The van der Waals surface area contributed by atoms with Gasteiger partial charge < -0.3 is 19.5 Å². The van der Waals surface area contributed by atoms with E-state index in [2.05, 4.69) is 51.5 Å². The minimum Gasteiger partial charge on any atom is -0.468 e. The van der Waals surface area contributed by atoms with Gasteiger partial charge >= 0.3 is 24.2 Å². The molecule has 0 bridgehead atoms. The van der Waals surface area contributed by atoms with Gasteiger partial charge in [-0.3, -0.25) is 24.3 Å². The summed E-state index contributed by atoms with van der Waals surface area (Å²) in [5, 5.41) is 3.18. The molecule has 2 saturated heterocycles.